The summed E-state index contributed by atoms with van der Waals surface area (Å²) in [5, 5.41) is 9.50. The summed E-state index contributed by atoms with van der Waals surface area (Å²) >= 11 is 0. The molecule has 0 bridgehead atoms. The molecule has 0 amide bonds. The van der Waals surface area contributed by atoms with Crippen LogP contribution in [0, 0.1) is 0 Å². The number of fused-ring (bicyclic) bond motifs is 12. The van der Waals surface area contributed by atoms with E-state index in [9.17, 15) is 0 Å². The molecule has 0 fully saturated rings. The van der Waals surface area contributed by atoms with Crippen LogP contribution in [0.4, 0.5) is 0 Å². The quantitative estimate of drug-likeness (QED) is 0.0956. The first-order chi connectivity index (χ1) is 64.4. The number of aromatic nitrogens is 10. The Balaban J connectivity index is 0.524. The second-order valence-electron chi connectivity index (χ2n) is 33.4. The summed E-state index contributed by atoms with van der Waals surface area (Å²) in [5.41, 5.74) is 32.4. The Bertz CT molecular complexity index is 8700. The Morgan fingerprint density at radius 1 is 0.108 bits per heavy atom. The molecule has 606 valence electrons. The van der Waals surface area contributed by atoms with Gasteiger partial charge >= 0.3 is 0 Å². The van der Waals surface area contributed by atoms with E-state index >= 15 is 0 Å². The van der Waals surface area contributed by atoms with Crippen molar-refractivity contribution in [1.82, 2.24) is 48.2 Å². The summed E-state index contributed by atoms with van der Waals surface area (Å²) in [6.45, 7) is 0. The summed E-state index contributed by atoms with van der Waals surface area (Å²) in [5.74, 6) is 3.66. The number of hydrogen-bond donors (Lipinski definition) is 0. The summed E-state index contributed by atoms with van der Waals surface area (Å²) in [6.07, 6.45) is 0. The van der Waals surface area contributed by atoms with Gasteiger partial charge in [0.1, 0.15) is 0 Å². The molecule has 6 aromatic heterocycles. The number of para-hydroxylation sites is 5. The lowest BCUT2D eigenvalue weighted by Gasteiger charge is -2.12. The summed E-state index contributed by atoms with van der Waals surface area (Å²) in [7, 11) is 0. The third-order valence-corrected chi connectivity index (χ3v) is 25.6. The van der Waals surface area contributed by atoms with Gasteiger partial charge in [-0.1, -0.05) is 309 Å². The fourth-order valence-electron chi connectivity index (χ4n) is 19.4. The largest absolute Gasteiger partial charge is 0.309 e. The van der Waals surface area contributed by atoms with Crippen LogP contribution in [0.2, 0.25) is 0 Å². The SMILES string of the molecule is c1ccc(-c2nc(-c3ccccc3)nc(-c3cccc(-c4cccc(-c5ccc6c(c5)c5cc(-c7ccc8c(c7)c7ccccc7n8-c7cccc(-c8ccc(-c9nc(-c%10ccccc%10)nc(-c%10cccc(-c%11ccc%12c(c%11)c%11cc(-c%13ccc%14c(c%13)c%13ccccc%13n%14-c%13ccccc%13)ccc%11n%12-c%11ccccc%11)c%10)n9)cc8)c7)ccc5n6-c5ccccc5)c4)c3)n2)cc1. The molecule has 0 aliphatic carbocycles. The van der Waals surface area contributed by atoms with Gasteiger partial charge in [-0.05, 0) is 218 Å². The van der Waals surface area contributed by atoms with Gasteiger partial charge in [0.15, 0.2) is 34.9 Å². The van der Waals surface area contributed by atoms with E-state index in [4.69, 9.17) is 29.9 Å². The van der Waals surface area contributed by atoms with Crippen molar-refractivity contribution in [1.29, 1.82) is 0 Å². The smallest absolute Gasteiger partial charge is 0.164 e. The Morgan fingerprint density at radius 2 is 0.292 bits per heavy atom. The van der Waals surface area contributed by atoms with Crippen LogP contribution in [-0.2, 0) is 0 Å². The van der Waals surface area contributed by atoms with Gasteiger partial charge in [-0.25, -0.2) is 29.9 Å². The first kappa shape index (κ1) is 75.0. The molecule has 0 aliphatic heterocycles. The van der Waals surface area contributed by atoms with E-state index in [0.29, 0.717) is 34.9 Å². The van der Waals surface area contributed by atoms with Gasteiger partial charge in [0.25, 0.3) is 0 Å². The van der Waals surface area contributed by atoms with Crippen molar-refractivity contribution < 1.29 is 0 Å². The highest BCUT2D eigenvalue weighted by atomic mass is 15.1. The van der Waals surface area contributed by atoms with Crippen LogP contribution in [0.15, 0.2) is 461 Å². The lowest BCUT2D eigenvalue weighted by molar-refractivity contribution is 1.07. The molecule has 0 saturated heterocycles. The van der Waals surface area contributed by atoms with E-state index in [1.54, 1.807) is 0 Å². The maximum atomic E-state index is 5.34. The minimum absolute atomic E-state index is 0.589. The number of rotatable bonds is 16. The molecule has 0 unspecified atom stereocenters. The van der Waals surface area contributed by atoms with E-state index in [1.807, 2.05) is 78.9 Å². The lowest BCUT2D eigenvalue weighted by Crippen LogP contribution is -2.00. The standard InChI is InChI=1S/C120H76N10/c1-7-27-78(28-8-1)115-121-116(79-29-9-2-10-30-79)124-119(123-115)93-38-24-35-84(68-93)82-33-23-34-83(67-82)87-55-63-111-103(73-87)105-76-92(60-66-113(105)128(111)96-42-15-5-16-43-96)90-58-62-110-102(72-90)100-48-20-22-50-108(100)130(110)98-46-26-37-86(70-98)77-51-53-81(54-52-77)118-122-117(80-31-11-3-12-32-80)125-120(126-118)94-39-25-36-85(69-94)88-56-64-112-104(74-88)106-75-91(59-65-114(106)129(112)97-44-17-6-18-45-97)89-57-61-109-101(71-89)99-47-19-21-49-107(99)127(109)95-40-13-4-14-41-95/h1-76H. The topological polar surface area (TPSA) is 97.1 Å². The van der Waals surface area contributed by atoms with Crippen molar-refractivity contribution in [3.8, 4) is 158 Å². The monoisotopic (exact) mass is 1660 g/mol. The van der Waals surface area contributed by atoms with Gasteiger partial charge in [-0.2, -0.15) is 0 Å². The molecule has 25 rings (SSSR count). The zero-order valence-corrected chi connectivity index (χ0v) is 70.4. The third-order valence-electron chi connectivity index (χ3n) is 25.6. The predicted octanol–water partition coefficient (Wildman–Crippen LogP) is 30.4. The Labute approximate surface area is 749 Å². The van der Waals surface area contributed by atoms with E-state index < -0.39 is 0 Å². The molecule has 0 radical (unpaired) electrons. The van der Waals surface area contributed by atoms with Crippen molar-refractivity contribution in [3.05, 3.63) is 461 Å². The Morgan fingerprint density at radius 3 is 0.608 bits per heavy atom. The predicted molar refractivity (Wildman–Crippen MR) is 536 cm³/mol. The van der Waals surface area contributed by atoms with Gasteiger partial charge in [0.2, 0.25) is 0 Å². The highest BCUT2D eigenvalue weighted by molar-refractivity contribution is 6.16. The minimum Gasteiger partial charge on any atom is -0.309 e. The van der Waals surface area contributed by atoms with E-state index in [-0.39, 0.29) is 0 Å². The molecule has 10 heteroatoms. The van der Waals surface area contributed by atoms with Crippen molar-refractivity contribution >= 4 is 87.2 Å². The molecule has 0 N–H and O–H groups in total. The molecule has 0 spiro atoms. The molecule has 0 atom stereocenters. The number of benzene rings is 19. The van der Waals surface area contributed by atoms with Crippen LogP contribution in [-0.4, -0.2) is 48.2 Å². The molecule has 0 saturated carbocycles. The molecule has 130 heavy (non-hydrogen) atoms. The molecule has 19 aromatic carbocycles. The van der Waals surface area contributed by atoms with Gasteiger partial charge < -0.3 is 18.3 Å². The Kier molecular flexibility index (Phi) is 18.0. The van der Waals surface area contributed by atoms with Crippen LogP contribution in [0.1, 0.15) is 0 Å². The fraction of sp³-hybridized carbons (Fsp3) is 0. The van der Waals surface area contributed by atoms with Crippen molar-refractivity contribution in [2.75, 3.05) is 0 Å². The van der Waals surface area contributed by atoms with Crippen LogP contribution >= 0.6 is 0 Å². The second kappa shape index (κ2) is 31.3. The number of nitrogens with zero attached hydrogens (tertiary/aromatic N) is 10. The van der Waals surface area contributed by atoms with Gasteiger partial charge in [0, 0.05) is 99.2 Å². The van der Waals surface area contributed by atoms with Gasteiger partial charge in [0.05, 0.1) is 44.1 Å². The van der Waals surface area contributed by atoms with Crippen LogP contribution in [0.3, 0.4) is 0 Å². The third kappa shape index (κ3) is 13.2. The van der Waals surface area contributed by atoms with Gasteiger partial charge in [-0.3, -0.25) is 0 Å². The Hall–Kier alpha value is -17.6. The highest BCUT2D eigenvalue weighted by Gasteiger charge is 2.24. The normalized spacial score (nSPS) is 11.7. The lowest BCUT2D eigenvalue weighted by atomic mass is 9.96. The average Bonchev–Trinajstić information content (AvgIpc) is 1.59. The van der Waals surface area contributed by atoms with Crippen molar-refractivity contribution in [2.45, 2.75) is 0 Å². The second-order valence-corrected chi connectivity index (χ2v) is 33.4. The molecule has 25 aromatic rings. The first-order valence-electron chi connectivity index (χ1n) is 44.0. The zero-order chi connectivity index (χ0) is 85.7. The highest BCUT2D eigenvalue weighted by Crippen LogP contribution is 2.45. The summed E-state index contributed by atoms with van der Waals surface area (Å²) in [6, 6.07) is 165. The molecule has 6 heterocycles. The van der Waals surface area contributed by atoms with Gasteiger partial charge in [-0.15, -0.1) is 0 Å². The number of hydrogen-bond acceptors (Lipinski definition) is 6. The van der Waals surface area contributed by atoms with Crippen LogP contribution in [0.25, 0.3) is 245 Å². The molecule has 0 aliphatic rings. The zero-order valence-electron chi connectivity index (χ0n) is 70.4. The van der Waals surface area contributed by atoms with Crippen molar-refractivity contribution in [2.24, 2.45) is 0 Å². The minimum atomic E-state index is 0.589. The van der Waals surface area contributed by atoms with Crippen molar-refractivity contribution in [3.63, 3.8) is 0 Å². The first-order valence-corrected chi connectivity index (χ1v) is 44.0. The molecular formula is C120H76N10. The molecule has 10 nitrogen and oxygen atoms in total. The molecular weight excluding hydrogens is 1580 g/mol. The summed E-state index contributed by atoms with van der Waals surface area (Å²) in [4.78, 5) is 30.9. The van der Waals surface area contributed by atoms with Crippen LogP contribution in [0.5, 0.6) is 0 Å². The maximum absolute atomic E-state index is 5.34. The average molecular weight is 1660 g/mol. The summed E-state index contributed by atoms with van der Waals surface area (Å²) < 4.78 is 9.58. The maximum Gasteiger partial charge on any atom is 0.164 e. The van der Waals surface area contributed by atoms with Crippen LogP contribution < -0.4 is 0 Å². The fourth-order valence-corrected chi connectivity index (χ4v) is 19.4. The van der Waals surface area contributed by atoms with E-state index in [2.05, 4.69) is 400 Å². The van der Waals surface area contributed by atoms with E-state index in [1.165, 1.54) is 48.7 Å². The van der Waals surface area contributed by atoms with E-state index in [0.717, 1.165) is 161 Å².